The fourth-order valence-electron chi connectivity index (χ4n) is 3.22. The van der Waals surface area contributed by atoms with Crippen molar-refractivity contribution in [3.8, 4) is 0 Å². The lowest BCUT2D eigenvalue weighted by atomic mass is 10.0. The van der Waals surface area contributed by atoms with E-state index in [0.717, 1.165) is 32.0 Å². The second kappa shape index (κ2) is 8.43. The molecule has 144 valence electrons. The normalized spacial score (nSPS) is 21.7. The number of hydrogen-bond acceptors (Lipinski definition) is 5. The minimum atomic E-state index is -3.96. The molecule has 9 heteroatoms. The molecule has 2 aliphatic heterocycles. The number of hydrogen-bond donors (Lipinski definition) is 2. The van der Waals surface area contributed by atoms with Gasteiger partial charge in [0.15, 0.2) is 0 Å². The first kappa shape index (κ1) is 19.2. The van der Waals surface area contributed by atoms with Crippen LogP contribution in [-0.2, 0) is 19.6 Å². The predicted octanol–water partition coefficient (Wildman–Crippen LogP) is 1.17. The van der Waals surface area contributed by atoms with Gasteiger partial charge in [0.25, 0.3) is 0 Å². The molecule has 2 fully saturated rings. The average Bonchev–Trinajstić information content (AvgIpc) is 3.16. The lowest BCUT2D eigenvalue weighted by molar-refractivity contribution is -0.116. The number of morpholine rings is 1. The van der Waals surface area contributed by atoms with Crippen molar-refractivity contribution < 1.29 is 22.3 Å². The molecule has 2 N–H and O–H groups in total. The van der Waals surface area contributed by atoms with Gasteiger partial charge in [-0.2, -0.15) is 4.31 Å². The maximum absolute atomic E-state index is 14.2. The van der Waals surface area contributed by atoms with Crippen LogP contribution in [0, 0.1) is 11.7 Å². The van der Waals surface area contributed by atoms with Crippen LogP contribution in [0.5, 0.6) is 0 Å². The molecule has 1 aromatic rings. The van der Waals surface area contributed by atoms with E-state index in [4.69, 9.17) is 4.74 Å². The minimum Gasteiger partial charge on any atom is -0.379 e. The summed E-state index contributed by atoms with van der Waals surface area (Å²) in [5.41, 5.74) is 0.285. The van der Waals surface area contributed by atoms with Crippen LogP contribution in [0.3, 0.4) is 0 Å². The van der Waals surface area contributed by atoms with Crippen LogP contribution in [0.15, 0.2) is 23.1 Å². The van der Waals surface area contributed by atoms with Gasteiger partial charge in [0.2, 0.25) is 15.9 Å². The number of amides is 1. The number of rotatable bonds is 6. The Kier molecular flexibility index (Phi) is 6.23. The van der Waals surface area contributed by atoms with Crippen LogP contribution in [0.4, 0.5) is 10.1 Å². The fourth-order valence-corrected chi connectivity index (χ4v) is 4.72. The number of nitrogens with zero attached hydrogens (tertiary/aromatic N) is 1. The van der Waals surface area contributed by atoms with Gasteiger partial charge < -0.3 is 15.4 Å². The van der Waals surface area contributed by atoms with Gasteiger partial charge in [-0.05, 0) is 50.0 Å². The van der Waals surface area contributed by atoms with E-state index in [1.54, 1.807) is 0 Å². The molecule has 7 nitrogen and oxygen atoms in total. The molecule has 1 unspecified atom stereocenters. The molecule has 1 aromatic carbocycles. The zero-order chi connectivity index (χ0) is 18.6. The molecular weight excluding hydrogens is 361 g/mol. The van der Waals surface area contributed by atoms with Crippen LogP contribution < -0.4 is 10.6 Å². The highest BCUT2D eigenvalue weighted by molar-refractivity contribution is 7.89. The van der Waals surface area contributed by atoms with Gasteiger partial charge in [-0.3, -0.25) is 4.79 Å². The fraction of sp³-hybridized carbons (Fsp3) is 0.588. The summed E-state index contributed by atoms with van der Waals surface area (Å²) in [5.74, 6) is -0.532. The number of carbonyl (C=O) groups excluding carboxylic acids is 1. The van der Waals surface area contributed by atoms with Gasteiger partial charge in [-0.1, -0.05) is 0 Å². The molecule has 1 amide bonds. The van der Waals surface area contributed by atoms with E-state index < -0.39 is 20.7 Å². The highest BCUT2D eigenvalue weighted by atomic mass is 32.2. The largest absolute Gasteiger partial charge is 0.379 e. The number of nitrogens with one attached hydrogen (secondary N) is 2. The summed E-state index contributed by atoms with van der Waals surface area (Å²) in [5, 5.41) is 5.93. The number of ether oxygens (including phenoxy) is 1. The molecule has 2 heterocycles. The van der Waals surface area contributed by atoms with Crippen molar-refractivity contribution in [3.05, 3.63) is 24.0 Å². The number of anilines is 1. The average molecular weight is 385 g/mol. The lowest BCUT2D eigenvalue weighted by Crippen LogP contribution is -2.40. The second-order valence-corrected chi connectivity index (χ2v) is 8.51. The minimum absolute atomic E-state index is 0.188. The summed E-state index contributed by atoms with van der Waals surface area (Å²) in [6.07, 6.45) is 2.19. The Balaban J connectivity index is 1.67. The Morgan fingerprint density at radius 3 is 2.81 bits per heavy atom. The molecule has 3 rings (SSSR count). The molecule has 0 radical (unpaired) electrons. The highest BCUT2D eigenvalue weighted by Gasteiger charge is 2.29. The van der Waals surface area contributed by atoms with Crippen LogP contribution in [0.2, 0.25) is 0 Å². The Morgan fingerprint density at radius 2 is 2.12 bits per heavy atom. The Morgan fingerprint density at radius 1 is 1.35 bits per heavy atom. The second-order valence-electron chi connectivity index (χ2n) is 6.61. The third-order valence-corrected chi connectivity index (χ3v) is 6.66. The number of sulfonamides is 1. The summed E-state index contributed by atoms with van der Waals surface area (Å²) >= 11 is 0. The van der Waals surface area contributed by atoms with Crippen molar-refractivity contribution in [1.82, 2.24) is 9.62 Å². The quantitative estimate of drug-likeness (QED) is 0.768. The first-order valence-electron chi connectivity index (χ1n) is 8.85. The van der Waals surface area contributed by atoms with Gasteiger partial charge in [0.05, 0.1) is 13.2 Å². The summed E-state index contributed by atoms with van der Waals surface area (Å²) in [6, 6.07) is 3.64. The topological polar surface area (TPSA) is 87.7 Å². The molecular formula is C17H24FN3O4S. The summed E-state index contributed by atoms with van der Waals surface area (Å²) in [4.78, 5) is 11.7. The number of halogens is 1. The van der Waals surface area contributed by atoms with E-state index >= 15 is 0 Å². The molecule has 0 saturated carbocycles. The Bertz CT molecular complexity index is 744. The van der Waals surface area contributed by atoms with Crippen molar-refractivity contribution in [2.24, 2.45) is 5.92 Å². The van der Waals surface area contributed by atoms with Crippen LogP contribution in [-0.4, -0.2) is 58.0 Å². The smallest absolute Gasteiger partial charge is 0.246 e. The van der Waals surface area contributed by atoms with E-state index in [-0.39, 0.29) is 37.9 Å². The predicted molar refractivity (Wildman–Crippen MR) is 94.8 cm³/mol. The van der Waals surface area contributed by atoms with Gasteiger partial charge in [-0.15, -0.1) is 0 Å². The molecule has 0 aliphatic carbocycles. The van der Waals surface area contributed by atoms with Crippen LogP contribution in [0.1, 0.15) is 19.3 Å². The number of benzene rings is 1. The van der Waals surface area contributed by atoms with Gasteiger partial charge in [0.1, 0.15) is 10.7 Å². The molecule has 0 spiro atoms. The van der Waals surface area contributed by atoms with E-state index in [1.165, 1.54) is 16.4 Å². The van der Waals surface area contributed by atoms with E-state index in [1.807, 2.05) is 0 Å². The molecule has 2 saturated heterocycles. The van der Waals surface area contributed by atoms with Crippen molar-refractivity contribution in [2.75, 3.05) is 44.7 Å². The van der Waals surface area contributed by atoms with Gasteiger partial charge >= 0.3 is 0 Å². The van der Waals surface area contributed by atoms with E-state index in [2.05, 4.69) is 10.6 Å². The van der Waals surface area contributed by atoms with E-state index in [0.29, 0.717) is 12.3 Å². The summed E-state index contributed by atoms with van der Waals surface area (Å²) < 4.78 is 45.8. The maximum atomic E-state index is 14.2. The standard InChI is InChI=1S/C17H24FN3O4S/c18-15-3-2-14(20-17(22)4-1-13-5-6-19-12-13)11-16(15)26(23,24)21-7-9-25-10-8-21/h2-3,11,13,19H,1,4-10,12H2,(H,20,22). The number of carbonyl (C=O) groups is 1. The summed E-state index contributed by atoms with van der Waals surface area (Å²) in [6.45, 7) is 2.85. The van der Waals surface area contributed by atoms with Crippen molar-refractivity contribution >= 4 is 21.6 Å². The molecule has 0 aromatic heterocycles. The Hall–Kier alpha value is -1.55. The van der Waals surface area contributed by atoms with E-state index in [9.17, 15) is 17.6 Å². The monoisotopic (exact) mass is 385 g/mol. The Labute approximate surface area is 152 Å². The molecule has 1 atom stereocenters. The highest BCUT2D eigenvalue weighted by Crippen LogP contribution is 2.24. The third kappa shape index (κ3) is 4.59. The summed E-state index contributed by atoms with van der Waals surface area (Å²) in [7, 11) is -3.96. The van der Waals surface area contributed by atoms with Crippen molar-refractivity contribution in [3.63, 3.8) is 0 Å². The first-order chi connectivity index (χ1) is 12.5. The van der Waals surface area contributed by atoms with Crippen molar-refractivity contribution in [2.45, 2.75) is 24.2 Å². The molecule has 26 heavy (non-hydrogen) atoms. The maximum Gasteiger partial charge on any atom is 0.246 e. The zero-order valence-electron chi connectivity index (χ0n) is 14.5. The molecule has 0 bridgehead atoms. The molecule has 2 aliphatic rings. The van der Waals surface area contributed by atoms with Gasteiger partial charge in [-0.25, -0.2) is 12.8 Å². The third-order valence-electron chi connectivity index (χ3n) is 4.74. The van der Waals surface area contributed by atoms with Crippen LogP contribution in [0.25, 0.3) is 0 Å². The SMILES string of the molecule is O=C(CCC1CCNC1)Nc1ccc(F)c(S(=O)(=O)N2CCOCC2)c1. The van der Waals surface area contributed by atoms with Crippen LogP contribution >= 0.6 is 0 Å². The van der Waals surface area contributed by atoms with Gasteiger partial charge in [0, 0.05) is 25.2 Å². The lowest BCUT2D eigenvalue weighted by Gasteiger charge is -2.26. The van der Waals surface area contributed by atoms with Crippen molar-refractivity contribution in [1.29, 1.82) is 0 Å². The zero-order valence-corrected chi connectivity index (χ0v) is 15.4. The first-order valence-corrected chi connectivity index (χ1v) is 10.3.